The van der Waals surface area contributed by atoms with E-state index in [4.69, 9.17) is 4.74 Å². The van der Waals surface area contributed by atoms with E-state index in [1.807, 2.05) is 31.2 Å². The van der Waals surface area contributed by atoms with Gasteiger partial charge in [0.15, 0.2) is 6.61 Å². The zero-order chi connectivity index (χ0) is 22.3. The van der Waals surface area contributed by atoms with Gasteiger partial charge in [0.1, 0.15) is 0 Å². The molecule has 1 amide bonds. The molecule has 0 aliphatic carbocycles. The minimum absolute atomic E-state index is 0.0325. The fourth-order valence-electron chi connectivity index (χ4n) is 3.35. The summed E-state index contributed by atoms with van der Waals surface area (Å²) in [5.41, 5.74) is 2.73. The molecule has 2 aromatic carbocycles. The molecule has 0 radical (unpaired) electrons. The van der Waals surface area contributed by atoms with Gasteiger partial charge in [-0.25, -0.2) is 8.42 Å². The SMILES string of the molecule is Cc1ccc(CNC(=O)COC(=O)Cc2ccc(S(=O)(=O)N3CCCCC3)cc2)cc1. The van der Waals surface area contributed by atoms with Gasteiger partial charge in [0, 0.05) is 19.6 Å². The van der Waals surface area contributed by atoms with Crippen molar-refractivity contribution in [1.82, 2.24) is 9.62 Å². The summed E-state index contributed by atoms with van der Waals surface area (Å²) in [6, 6.07) is 14.0. The Morgan fingerprint density at radius 3 is 2.19 bits per heavy atom. The molecule has 3 rings (SSSR count). The second kappa shape index (κ2) is 10.5. The summed E-state index contributed by atoms with van der Waals surface area (Å²) in [5, 5.41) is 2.71. The van der Waals surface area contributed by atoms with Crippen LogP contribution in [0, 0.1) is 6.92 Å². The highest BCUT2D eigenvalue weighted by molar-refractivity contribution is 7.89. The molecule has 1 fully saturated rings. The molecule has 1 saturated heterocycles. The molecule has 8 heteroatoms. The molecule has 1 aliphatic heterocycles. The number of rotatable bonds is 8. The van der Waals surface area contributed by atoms with E-state index in [0.717, 1.165) is 30.4 Å². The number of esters is 1. The van der Waals surface area contributed by atoms with E-state index in [1.54, 1.807) is 12.1 Å². The number of nitrogens with one attached hydrogen (secondary N) is 1. The lowest BCUT2D eigenvalue weighted by atomic mass is 10.1. The first-order valence-electron chi connectivity index (χ1n) is 10.4. The molecule has 2 aromatic rings. The molecule has 166 valence electrons. The molecule has 0 saturated carbocycles. The highest BCUT2D eigenvalue weighted by Crippen LogP contribution is 2.21. The van der Waals surface area contributed by atoms with Crippen LogP contribution in [0.3, 0.4) is 0 Å². The normalized spacial score (nSPS) is 14.7. The molecule has 0 unspecified atom stereocenters. The van der Waals surface area contributed by atoms with Gasteiger partial charge in [-0.1, -0.05) is 48.4 Å². The van der Waals surface area contributed by atoms with Crippen molar-refractivity contribution < 1.29 is 22.7 Å². The summed E-state index contributed by atoms with van der Waals surface area (Å²) in [4.78, 5) is 24.1. The number of carbonyl (C=O) groups is 2. The van der Waals surface area contributed by atoms with Crippen LogP contribution < -0.4 is 5.32 Å². The smallest absolute Gasteiger partial charge is 0.310 e. The molecular weight excluding hydrogens is 416 g/mol. The molecule has 31 heavy (non-hydrogen) atoms. The van der Waals surface area contributed by atoms with E-state index in [9.17, 15) is 18.0 Å². The lowest BCUT2D eigenvalue weighted by Crippen LogP contribution is -2.35. The monoisotopic (exact) mass is 444 g/mol. The Kier molecular flexibility index (Phi) is 7.81. The highest BCUT2D eigenvalue weighted by Gasteiger charge is 2.25. The zero-order valence-electron chi connectivity index (χ0n) is 17.7. The van der Waals surface area contributed by atoms with Gasteiger partial charge in [0.2, 0.25) is 10.0 Å². The van der Waals surface area contributed by atoms with Crippen LogP contribution >= 0.6 is 0 Å². The number of amides is 1. The van der Waals surface area contributed by atoms with E-state index in [0.29, 0.717) is 25.2 Å². The van der Waals surface area contributed by atoms with Gasteiger partial charge in [0.05, 0.1) is 11.3 Å². The first-order valence-corrected chi connectivity index (χ1v) is 11.9. The van der Waals surface area contributed by atoms with Crippen LogP contribution in [-0.2, 0) is 37.3 Å². The maximum Gasteiger partial charge on any atom is 0.310 e. The Balaban J connectivity index is 1.44. The van der Waals surface area contributed by atoms with E-state index in [1.165, 1.54) is 16.4 Å². The summed E-state index contributed by atoms with van der Waals surface area (Å²) >= 11 is 0. The van der Waals surface area contributed by atoms with Crippen LogP contribution in [0.1, 0.15) is 36.0 Å². The largest absolute Gasteiger partial charge is 0.455 e. The van der Waals surface area contributed by atoms with Gasteiger partial charge in [-0.2, -0.15) is 4.31 Å². The fourth-order valence-corrected chi connectivity index (χ4v) is 4.87. The maximum atomic E-state index is 12.7. The van der Waals surface area contributed by atoms with Crippen molar-refractivity contribution in [3.05, 3.63) is 65.2 Å². The molecule has 1 N–H and O–H groups in total. The third-order valence-electron chi connectivity index (χ3n) is 5.20. The molecule has 0 spiro atoms. The van der Waals surface area contributed by atoms with Crippen molar-refractivity contribution in [3.63, 3.8) is 0 Å². The van der Waals surface area contributed by atoms with E-state index >= 15 is 0 Å². The van der Waals surface area contributed by atoms with Gasteiger partial charge in [-0.15, -0.1) is 0 Å². The van der Waals surface area contributed by atoms with Crippen LogP contribution in [0.5, 0.6) is 0 Å². The average molecular weight is 445 g/mol. The van der Waals surface area contributed by atoms with Crippen LogP contribution in [0.4, 0.5) is 0 Å². The van der Waals surface area contributed by atoms with Crippen molar-refractivity contribution in [2.45, 2.75) is 44.0 Å². The Morgan fingerprint density at radius 1 is 0.935 bits per heavy atom. The van der Waals surface area contributed by atoms with Gasteiger partial charge in [0.25, 0.3) is 5.91 Å². The number of aryl methyl sites for hydroxylation is 1. The van der Waals surface area contributed by atoms with Crippen molar-refractivity contribution in [2.24, 2.45) is 0 Å². The first kappa shape index (κ1) is 23.0. The Labute approximate surface area is 183 Å². The van der Waals surface area contributed by atoms with Crippen molar-refractivity contribution in [2.75, 3.05) is 19.7 Å². The summed E-state index contributed by atoms with van der Waals surface area (Å²) in [7, 11) is -3.50. The number of ether oxygens (including phenoxy) is 1. The average Bonchev–Trinajstić information content (AvgIpc) is 2.78. The molecule has 7 nitrogen and oxygen atoms in total. The van der Waals surface area contributed by atoms with E-state index in [-0.39, 0.29) is 23.8 Å². The van der Waals surface area contributed by atoms with Gasteiger partial charge >= 0.3 is 5.97 Å². The summed E-state index contributed by atoms with van der Waals surface area (Å²) < 4.78 is 31.9. The first-order chi connectivity index (χ1) is 14.8. The molecular formula is C23H28N2O5S. The van der Waals surface area contributed by atoms with Crippen molar-refractivity contribution in [1.29, 1.82) is 0 Å². The maximum absolute atomic E-state index is 12.7. The second-order valence-corrected chi connectivity index (χ2v) is 9.65. The zero-order valence-corrected chi connectivity index (χ0v) is 18.5. The van der Waals surface area contributed by atoms with Crippen molar-refractivity contribution >= 4 is 21.9 Å². The topological polar surface area (TPSA) is 92.8 Å². The third-order valence-corrected chi connectivity index (χ3v) is 7.11. The second-order valence-electron chi connectivity index (χ2n) is 7.71. The van der Waals surface area contributed by atoms with Gasteiger partial charge < -0.3 is 10.1 Å². The Bertz CT molecular complexity index is 995. The minimum atomic E-state index is -3.50. The number of hydrogen-bond acceptors (Lipinski definition) is 5. The number of sulfonamides is 1. The summed E-state index contributed by atoms with van der Waals surface area (Å²) in [5.74, 6) is -0.922. The summed E-state index contributed by atoms with van der Waals surface area (Å²) in [6.45, 7) is 3.09. The van der Waals surface area contributed by atoms with Gasteiger partial charge in [-0.3, -0.25) is 9.59 Å². The van der Waals surface area contributed by atoms with Gasteiger partial charge in [-0.05, 0) is 43.0 Å². The number of carbonyl (C=O) groups excluding carboxylic acids is 2. The van der Waals surface area contributed by atoms with E-state index in [2.05, 4.69) is 5.32 Å². The lowest BCUT2D eigenvalue weighted by Gasteiger charge is -2.25. The predicted molar refractivity (Wildman–Crippen MR) is 117 cm³/mol. The highest BCUT2D eigenvalue weighted by atomic mass is 32.2. The fraction of sp³-hybridized carbons (Fsp3) is 0.391. The summed E-state index contributed by atoms with van der Waals surface area (Å²) in [6.07, 6.45) is 2.77. The lowest BCUT2D eigenvalue weighted by molar-refractivity contribution is -0.147. The Morgan fingerprint density at radius 2 is 1.55 bits per heavy atom. The van der Waals surface area contributed by atoms with Crippen LogP contribution in [0.15, 0.2) is 53.4 Å². The molecule has 0 aromatic heterocycles. The van der Waals surface area contributed by atoms with Crippen molar-refractivity contribution in [3.8, 4) is 0 Å². The van der Waals surface area contributed by atoms with E-state index < -0.39 is 16.0 Å². The number of benzene rings is 2. The third kappa shape index (κ3) is 6.63. The minimum Gasteiger partial charge on any atom is -0.455 e. The molecule has 1 heterocycles. The molecule has 0 bridgehead atoms. The number of nitrogens with zero attached hydrogens (tertiary/aromatic N) is 1. The van der Waals surface area contributed by atoms with Crippen LogP contribution in [0.2, 0.25) is 0 Å². The number of hydrogen-bond donors (Lipinski definition) is 1. The van der Waals surface area contributed by atoms with Crippen LogP contribution in [-0.4, -0.2) is 44.3 Å². The predicted octanol–water partition coefficient (Wildman–Crippen LogP) is 2.57. The van der Waals surface area contributed by atoms with Crippen LogP contribution in [0.25, 0.3) is 0 Å². The molecule has 1 aliphatic rings. The Hall–Kier alpha value is -2.71. The molecule has 0 atom stereocenters. The number of piperidine rings is 1. The standard InChI is InChI=1S/C23H28N2O5S/c1-18-5-7-20(8-6-18)16-24-22(26)17-30-23(27)15-19-9-11-21(12-10-19)31(28,29)25-13-3-2-4-14-25/h5-12H,2-4,13-17H2,1H3,(H,24,26). The quantitative estimate of drug-likeness (QED) is 0.632.